The van der Waals surface area contributed by atoms with Crippen molar-refractivity contribution < 1.29 is 5.11 Å². The van der Waals surface area contributed by atoms with E-state index in [-0.39, 0.29) is 0 Å². The molecule has 2 nitrogen and oxygen atoms in total. The van der Waals surface area contributed by atoms with E-state index in [1.165, 1.54) is 0 Å². The van der Waals surface area contributed by atoms with Crippen molar-refractivity contribution in [1.29, 1.82) is 0 Å². The summed E-state index contributed by atoms with van der Waals surface area (Å²) in [5.41, 5.74) is 0.101. The molecule has 0 aromatic heterocycles. The number of aliphatic hydroxyl groups is 1. The highest BCUT2D eigenvalue weighted by atomic mass is 35.5. The van der Waals surface area contributed by atoms with Crippen molar-refractivity contribution in [2.75, 3.05) is 13.1 Å². The normalized spacial score (nSPS) is 14.8. The number of hydrogen-bond donors (Lipinski definition) is 2. The molecule has 102 valence electrons. The molecule has 0 saturated heterocycles. The van der Waals surface area contributed by atoms with Crippen LogP contribution in [0, 0.1) is 5.92 Å². The van der Waals surface area contributed by atoms with Crippen LogP contribution in [0.1, 0.15) is 26.3 Å². The molecule has 0 heterocycles. The Morgan fingerprint density at radius 2 is 2.00 bits per heavy atom. The van der Waals surface area contributed by atoms with Gasteiger partial charge < -0.3 is 10.4 Å². The van der Waals surface area contributed by atoms with Crippen LogP contribution in [0.2, 0.25) is 10.0 Å². The number of halogens is 2. The lowest BCUT2D eigenvalue weighted by molar-refractivity contribution is 0.0596. The fraction of sp³-hybridized carbons (Fsp3) is 0.571. The minimum atomic E-state index is -0.813. The summed E-state index contributed by atoms with van der Waals surface area (Å²) in [4.78, 5) is 0. The summed E-state index contributed by atoms with van der Waals surface area (Å²) in [7, 11) is 0. The van der Waals surface area contributed by atoms with E-state index >= 15 is 0 Å². The minimum Gasteiger partial charge on any atom is -0.389 e. The smallest absolute Gasteiger partial charge is 0.0784 e. The minimum absolute atomic E-state index is 0.508. The Labute approximate surface area is 119 Å². The van der Waals surface area contributed by atoms with Gasteiger partial charge in [-0.15, -0.1) is 0 Å². The van der Waals surface area contributed by atoms with Crippen molar-refractivity contribution >= 4 is 23.2 Å². The van der Waals surface area contributed by atoms with Gasteiger partial charge in [-0.25, -0.2) is 0 Å². The first-order valence-corrected chi connectivity index (χ1v) is 6.93. The van der Waals surface area contributed by atoms with Gasteiger partial charge in [-0.1, -0.05) is 43.1 Å². The van der Waals surface area contributed by atoms with Crippen LogP contribution in [0.3, 0.4) is 0 Å². The maximum absolute atomic E-state index is 10.3. The molecule has 0 aliphatic rings. The molecule has 1 unspecified atom stereocenters. The van der Waals surface area contributed by atoms with Crippen LogP contribution < -0.4 is 5.32 Å². The molecule has 0 bridgehead atoms. The summed E-state index contributed by atoms with van der Waals surface area (Å²) in [6.45, 7) is 7.52. The largest absolute Gasteiger partial charge is 0.389 e. The first-order chi connectivity index (χ1) is 8.30. The SMILES string of the molecule is CC(C)CNCC(C)(O)Cc1ccc(Cl)cc1Cl. The van der Waals surface area contributed by atoms with Gasteiger partial charge in [0, 0.05) is 23.0 Å². The Morgan fingerprint density at radius 1 is 1.33 bits per heavy atom. The van der Waals surface area contributed by atoms with Gasteiger partial charge in [0.15, 0.2) is 0 Å². The van der Waals surface area contributed by atoms with Gasteiger partial charge in [0.2, 0.25) is 0 Å². The van der Waals surface area contributed by atoms with Crippen molar-refractivity contribution in [3.8, 4) is 0 Å². The maximum atomic E-state index is 10.3. The van der Waals surface area contributed by atoms with Crippen LogP contribution >= 0.6 is 23.2 Å². The van der Waals surface area contributed by atoms with Gasteiger partial charge in [-0.2, -0.15) is 0 Å². The molecule has 4 heteroatoms. The number of hydrogen-bond acceptors (Lipinski definition) is 2. The van der Waals surface area contributed by atoms with E-state index in [0.29, 0.717) is 28.9 Å². The lowest BCUT2D eigenvalue weighted by Gasteiger charge is -2.25. The molecule has 1 aromatic carbocycles. The summed E-state index contributed by atoms with van der Waals surface area (Å²) >= 11 is 12.0. The number of benzene rings is 1. The standard InChI is InChI=1S/C14H21Cl2NO/c1-10(2)8-17-9-14(3,18)7-11-4-5-12(15)6-13(11)16/h4-6,10,17-18H,7-9H2,1-3H3. The Balaban J connectivity index is 2.58. The Hall–Kier alpha value is -0.280. The zero-order valence-corrected chi connectivity index (χ0v) is 12.6. The highest BCUT2D eigenvalue weighted by Crippen LogP contribution is 2.24. The second kappa shape index (κ2) is 6.76. The van der Waals surface area contributed by atoms with E-state index in [2.05, 4.69) is 19.2 Å². The first kappa shape index (κ1) is 15.8. The fourth-order valence-electron chi connectivity index (χ4n) is 1.77. The van der Waals surface area contributed by atoms with Crippen LogP contribution in [0.4, 0.5) is 0 Å². The van der Waals surface area contributed by atoms with E-state index in [0.717, 1.165) is 12.1 Å². The monoisotopic (exact) mass is 289 g/mol. The van der Waals surface area contributed by atoms with Crippen LogP contribution in [0.5, 0.6) is 0 Å². The molecule has 0 amide bonds. The molecule has 1 aromatic rings. The van der Waals surface area contributed by atoms with Crippen LogP contribution in [0.25, 0.3) is 0 Å². The molecule has 18 heavy (non-hydrogen) atoms. The van der Waals surface area contributed by atoms with E-state index in [1.54, 1.807) is 12.1 Å². The topological polar surface area (TPSA) is 32.3 Å². The van der Waals surface area contributed by atoms with Gasteiger partial charge in [0.25, 0.3) is 0 Å². The van der Waals surface area contributed by atoms with Gasteiger partial charge in [-0.3, -0.25) is 0 Å². The van der Waals surface area contributed by atoms with E-state index in [1.807, 2.05) is 13.0 Å². The summed E-state index contributed by atoms with van der Waals surface area (Å²) in [6, 6.07) is 5.36. The van der Waals surface area contributed by atoms with E-state index in [9.17, 15) is 5.11 Å². The lowest BCUT2D eigenvalue weighted by atomic mass is 9.96. The zero-order valence-electron chi connectivity index (χ0n) is 11.1. The van der Waals surface area contributed by atoms with Crippen LogP contribution in [0.15, 0.2) is 18.2 Å². The molecule has 0 saturated carbocycles. The molecule has 0 aliphatic heterocycles. The highest BCUT2D eigenvalue weighted by molar-refractivity contribution is 6.35. The lowest BCUT2D eigenvalue weighted by Crippen LogP contribution is -2.40. The molecule has 2 N–H and O–H groups in total. The molecule has 1 atom stereocenters. The summed E-state index contributed by atoms with van der Waals surface area (Å²) in [5, 5.41) is 14.8. The van der Waals surface area contributed by atoms with Crippen LogP contribution in [-0.4, -0.2) is 23.8 Å². The maximum Gasteiger partial charge on any atom is 0.0784 e. The van der Waals surface area contributed by atoms with Crippen LogP contribution in [-0.2, 0) is 6.42 Å². The number of rotatable bonds is 6. The average Bonchev–Trinajstić information content (AvgIpc) is 2.21. The van der Waals surface area contributed by atoms with Gasteiger partial charge in [-0.05, 0) is 37.1 Å². The predicted octanol–water partition coefficient (Wildman–Crippen LogP) is 3.53. The zero-order chi connectivity index (χ0) is 13.8. The van der Waals surface area contributed by atoms with Gasteiger partial charge in [0.1, 0.15) is 0 Å². The summed E-state index contributed by atoms with van der Waals surface area (Å²) < 4.78 is 0. The van der Waals surface area contributed by atoms with Crippen molar-refractivity contribution in [3.05, 3.63) is 33.8 Å². The summed E-state index contributed by atoms with van der Waals surface area (Å²) in [6.07, 6.45) is 0.508. The molecule has 0 aliphatic carbocycles. The third-order valence-corrected chi connectivity index (χ3v) is 3.23. The molecular weight excluding hydrogens is 269 g/mol. The average molecular weight is 290 g/mol. The van der Waals surface area contributed by atoms with Crippen molar-refractivity contribution in [2.24, 2.45) is 5.92 Å². The fourth-order valence-corrected chi connectivity index (χ4v) is 2.24. The predicted molar refractivity (Wildman–Crippen MR) is 78.5 cm³/mol. The highest BCUT2D eigenvalue weighted by Gasteiger charge is 2.21. The van der Waals surface area contributed by atoms with Gasteiger partial charge >= 0.3 is 0 Å². The first-order valence-electron chi connectivity index (χ1n) is 6.17. The molecular formula is C14H21Cl2NO. The van der Waals surface area contributed by atoms with Gasteiger partial charge in [0.05, 0.1) is 5.60 Å². The second-order valence-electron chi connectivity index (χ2n) is 5.43. The molecule has 1 rings (SSSR count). The Morgan fingerprint density at radius 3 is 2.56 bits per heavy atom. The quantitative estimate of drug-likeness (QED) is 0.840. The Bertz CT molecular complexity index is 391. The van der Waals surface area contributed by atoms with Crippen molar-refractivity contribution in [3.63, 3.8) is 0 Å². The van der Waals surface area contributed by atoms with Crippen molar-refractivity contribution in [1.82, 2.24) is 5.32 Å². The second-order valence-corrected chi connectivity index (χ2v) is 6.28. The Kier molecular flexibility index (Phi) is 5.93. The van der Waals surface area contributed by atoms with Crippen molar-refractivity contribution in [2.45, 2.75) is 32.8 Å². The summed E-state index contributed by atoms with van der Waals surface area (Å²) in [5.74, 6) is 0.569. The van der Waals surface area contributed by atoms with E-state index in [4.69, 9.17) is 23.2 Å². The third kappa shape index (κ3) is 5.57. The third-order valence-electron chi connectivity index (χ3n) is 2.64. The molecule has 0 radical (unpaired) electrons. The molecule has 0 fully saturated rings. The van der Waals surface area contributed by atoms with E-state index < -0.39 is 5.60 Å². The number of nitrogens with one attached hydrogen (secondary N) is 1. The molecule has 0 spiro atoms.